The van der Waals surface area contributed by atoms with E-state index in [4.69, 9.17) is 9.47 Å². The molecule has 7 heteroatoms. The summed E-state index contributed by atoms with van der Waals surface area (Å²) < 4.78 is 10.4. The maximum absolute atomic E-state index is 13.0. The number of nitrogens with zero attached hydrogens (tertiary/aromatic N) is 2. The van der Waals surface area contributed by atoms with Crippen LogP contribution in [0.5, 0.6) is 0 Å². The molecule has 2 atom stereocenters. The van der Waals surface area contributed by atoms with E-state index in [2.05, 4.69) is 18.0 Å². The van der Waals surface area contributed by atoms with E-state index in [9.17, 15) is 14.4 Å². The van der Waals surface area contributed by atoms with Crippen LogP contribution >= 0.6 is 0 Å². The maximum atomic E-state index is 13.0. The number of hydrogen-bond donors (Lipinski definition) is 0. The summed E-state index contributed by atoms with van der Waals surface area (Å²) in [5, 5.41) is 0. The number of imide groups is 1. The Bertz CT molecular complexity index is 929. The largest absolute Gasteiger partial charge is 0.467 e. The van der Waals surface area contributed by atoms with Crippen LogP contribution in [0.1, 0.15) is 127 Å². The third-order valence-electron chi connectivity index (χ3n) is 7.74. The Morgan fingerprint density at radius 2 is 1.51 bits per heavy atom. The lowest BCUT2D eigenvalue weighted by atomic mass is 9.82. The fraction of sp³-hybridized carbons (Fsp3) is 0.688. The first-order valence-corrected chi connectivity index (χ1v) is 15.1. The average Bonchev–Trinajstić information content (AvgIpc) is 2.90. The summed E-state index contributed by atoms with van der Waals surface area (Å²) in [5.41, 5.74) is 3.56. The number of hydrogen-bond acceptors (Lipinski definition) is 5. The van der Waals surface area contributed by atoms with Gasteiger partial charge in [-0.05, 0) is 50.3 Å². The minimum Gasteiger partial charge on any atom is -0.467 e. The lowest BCUT2D eigenvalue weighted by molar-refractivity contribution is -0.129. The third kappa shape index (κ3) is 10.4. The fourth-order valence-electron chi connectivity index (χ4n) is 5.60. The monoisotopic (exact) mass is 542 g/mol. The lowest BCUT2D eigenvalue weighted by Gasteiger charge is -2.38. The predicted molar refractivity (Wildman–Crippen MR) is 156 cm³/mol. The molecule has 0 bridgehead atoms. The van der Waals surface area contributed by atoms with Crippen molar-refractivity contribution >= 4 is 24.3 Å². The van der Waals surface area contributed by atoms with Gasteiger partial charge in [-0.2, -0.15) is 0 Å². The van der Waals surface area contributed by atoms with Gasteiger partial charge in [-0.3, -0.25) is 4.79 Å². The number of unbranched alkanes of at least 4 members (excludes halogenated alkanes) is 12. The van der Waals surface area contributed by atoms with E-state index in [0.29, 0.717) is 12.2 Å². The van der Waals surface area contributed by atoms with E-state index >= 15 is 0 Å². The van der Waals surface area contributed by atoms with Gasteiger partial charge in [0.05, 0.1) is 18.6 Å². The molecule has 0 radical (unpaired) electrons. The van der Waals surface area contributed by atoms with E-state index in [0.717, 1.165) is 40.9 Å². The first kappa shape index (κ1) is 32.5. The molecular formula is C32H50N2O5. The molecule has 1 aliphatic rings. The molecule has 1 aliphatic heterocycles. The minimum absolute atomic E-state index is 0.0270. The second-order valence-corrected chi connectivity index (χ2v) is 10.7. The van der Waals surface area contributed by atoms with Gasteiger partial charge in [0.25, 0.3) is 6.47 Å². The summed E-state index contributed by atoms with van der Waals surface area (Å²) in [5.74, 6) is -0.441. The van der Waals surface area contributed by atoms with Crippen LogP contribution in [0.25, 0.3) is 0 Å². The second-order valence-electron chi connectivity index (χ2n) is 10.7. The van der Waals surface area contributed by atoms with E-state index in [1.165, 1.54) is 70.6 Å². The van der Waals surface area contributed by atoms with Gasteiger partial charge in [-0.1, -0.05) is 102 Å². The SMILES string of the molecule is CCCCCCCCCCCCCCCc1cccc(C)c1C1C(COC=O)C(C)=NC(=O)N1C(=O)OCC. The van der Waals surface area contributed by atoms with Crippen molar-refractivity contribution in [1.29, 1.82) is 0 Å². The molecular weight excluding hydrogens is 492 g/mol. The molecule has 2 rings (SSSR count). The molecule has 1 aromatic rings. The summed E-state index contributed by atoms with van der Waals surface area (Å²) in [7, 11) is 0. The second kappa shape index (κ2) is 18.6. The average molecular weight is 543 g/mol. The zero-order chi connectivity index (χ0) is 28.5. The summed E-state index contributed by atoms with van der Waals surface area (Å²) in [6, 6.07) is 4.80. The molecule has 1 heterocycles. The van der Waals surface area contributed by atoms with Crippen molar-refractivity contribution in [3.05, 3.63) is 34.9 Å². The number of ether oxygens (including phenoxy) is 2. The minimum atomic E-state index is -0.727. The van der Waals surface area contributed by atoms with Crippen molar-refractivity contribution in [3.63, 3.8) is 0 Å². The standard InChI is InChI=1S/C32H50N2O5/c1-5-7-8-9-10-11-12-13-14-15-16-17-18-21-27-22-19-20-25(3)29(27)30-28(23-38-24-35)26(4)33-31(36)34(30)32(37)39-6-2/h19-20,22,24,28,30H,5-18,21,23H2,1-4H3. The van der Waals surface area contributed by atoms with Crippen molar-refractivity contribution in [2.45, 2.75) is 124 Å². The van der Waals surface area contributed by atoms with Gasteiger partial charge in [0.2, 0.25) is 0 Å². The number of aryl methyl sites for hydroxylation is 2. The zero-order valence-corrected chi connectivity index (χ0v) is 24.7. The molecule has 0 saturated carbocycles. The Morgan fingerprint density at radius 3 is 2.08 bits per heavy atom. The van der Waals surface area contributed by atoms with Crippen LogP contribution < -0.4 is 0 Å². The normalized spacial score (nSPS) is 17.2. The molecule has 3 amide bonds. The number of carbonyl (C=O) groups excluding carboxylic acids is 3. The highest BCUT2D eigenvalue weighted by Crippen LogP contribution is 2.38. The molecule has 0 aromatic heterocycles. The number of aliphatic imine (C=N–C) groups is 1. The Kier molecular flexibility index (Phi) is 15.5. The third-order valence-corrected chi connectivity index (χ3v) is 7.74. The van der Waals surface area contributed by atoms with Gasteiger partial charge in [-0.15, -0.1) is 0 Å². The number of benzene rings is 1. The molecule has 0 fully saturated rings. The predicted octanol–water partition coefficient (Wildman–Crippen LogP) is 8.51. The van der Waals surface area contributed by atoms with Crippen LogP contribution in [0.15, 0.2) is 23.2 Å². The smallest absolute Gasteiger partial charge is 0.418 e. The van der Waals surface area contributed by atoms with E-state index in [1.54, 1.807) is 13.8 Å². The molecule has 39 heavy (non-hydrogen) atoms. The first-order valence-electron chi connectivity index (χ1n) is 15.1. The van der Waals surface area contributed by atoms with E-state index < -0.39 is 24.1 Å². The molecule has 0 aliphatic carbocycles. The lowest BCUT2D eigenvalue weighted by Crippen LogP contribution is -2.49. The van der Waals surface area contributed by atoms with Gasteiger partial charge >= 0.3 is 12.1 Å². The number of amides is 3. The highest BCUT2D eigenvalue weighted by atomic mass is 16.6. The van der Waals surface area contributed by atoms with Crippen molar-refractivity contribution in [2.75, 3.05) is 13.2 Å². The Morgan fingerprint density at radius 1 is 0.923 bits per heavy atom. The number of rotatable bonds is 19. The molecule has 2 unspecified atom stereocenters. The maximum Gasteiger partial charge on any atom is 0.418 e. The van der Waals surface area contributed by atoms with Crippen molar-refractivity contribution in [3.8, 4) is 0 Å². The highest BCUT2D eigenvalue weighted by Gasteiger charge is 2.44. The summed E-state index contributed by atoms with van der Waals surface area (Å²) in [4.78, 5) is 42.1. The van der Waals surface area contributed by atoms with Crippen molar-refractivity contribution < 1.29 is 23.9 Å². The summed E-state index contributed by atoms with van der Waals surface area (Å²) >= 11 is 0. The van der Waals surface area contributed by atoms with Crippen LogP contribution in [0.2, 0.25) is 0 Å². The summed E-state index contributed by atoms with van der Waals surface area (Å²) in [6.07, 6.45) is 17.0. The van der Waals surface area contributed by atoms with Crippen molar-refractivity contribution in [1.82, 2.24) is 4.90 Å². The van der Waals surface area contributed by atoms with Gasteiger partial charge in [0.15, 0.2) is 0 Å². The van der Waals surface area contributed by atoms with Crippen LogP contribution in [0, 0.1) is 12.8 Å². The number of urea groups is 1. The van der Waals surface area contributed by atoms with Crippen molar-refractivity contribution in [2.24, 2.45) is 10.9 Å². The fourth-order valence-corrected chi connectivity index (χ4v) is 5.60. The molecule has 218 valence electrons. The quantitative estimate of drug-likeness (QED) is 0.129. The topological polar surface area (TPSA) is 85.3 Å². The van der Waals surface area contributed by atoms with E-state index in [1.807, 2.05) is 19.1 Å². The van der Waals surface area contributed by atoms with Gasteiger partial charge < -0.3 is 9.47 Å². The Balaban J connectivity index is 2.01. The first-order chi connectivity index (χ1) is 19.0. The molecule has 0 saturated heterocycles. The molecule has 0 N–H and O–H groups in total. The van der Waals surface area contributed by atoms with Crippen LogP contribution in [0.4, 0.5) is 9.59 Å². The number of carbonyl (C=O) groups is 3. The van der Waals surface area contributed by atoms with Crippen LogP contribution in [0.3, 0.4) is 0 Å². The zero-order valence-electron chi connectivity index (χ0n) is 24.7. The molecule has 1 aromatic carbocycles. The highest BCUT2D eigenvalue weighted by molar-refractivity contribution is 6.04. The Hall–Kier alpha value is -2.70. The van der Waals surface area contributed by atoms with Gasteiger partial charge in [-0.25, -0.2) is 19.5 Å². The molecule has 7 nitrogen and oxygen atoms in total. The molecule has 0 spiro atoms. The summed E-state index contributed by atoms with van der Waals surface area (Å²) in [6.45, 7) is 8.27. The van der Waals surface area contributed by atoms with Gasteiger partial charge in [0, 0.05) is 5.71 Å². The Labute approximate surface area is 235 Å². The van der Waals surface area contributed by atoms with Gasteiger partial charge in [0.1, 0.15) is 6.61 Å². The van der Waals surface area contributed by atoms with E-state index in [-0.39, 0.29) is 13.2 Å². The van der Waals surface area contributed by atoms with Crippen LogP contribution in [-0.2, 0) is 20.7 Å². The van der Waals surface area contributed by atoms with Crippen LogP contribution in [-0.4, -0.2) is 42.4 Å².